The molecule has 12 aromatic rings. The summed E-state index contributed by atoms with van der Waals surface area (Å²) in [6.07, 6.45) is 0. The number of para-hydroxylation sites is 5. The standard InChI is InChI=1S/C54H30BNO4/c1-5-16-44-36(10-1)37-11-2-6-17-45(37)56(44)34-23-20-31(21-24-34)32-22-26-43-49(29-32)58-50-30-33(28-42-38-12-3-8-19-47(38)60-55(43)52(42)50)35-14-9-15-39-40-25-27-48-51(54(40)59-53(35)39)41-13-4-7-18-46(41)57-48/h1-30H. The van der Waals surface area contributed by atoms with Crippen molar-refractivity contribution in [2.75, 3.05) is 0 Å². The van der Waals surface area contributed by atoms with Gasteiger partial charge in [0, 0.05) is 54.7 Å². The molecule has 0 radical (unpaired) electrons. The average Bonchev–Trinajstić information content (AvgIpc) is 3.98. The van der Waals surface area contributed by atoms with Gasteiger partial charge in [0.1, 0.15) is 39.6 Å². The molecule has 5 heterocycles. The summed E-state index contributed by atoms with van der Waals surface area (Å²) in [5, 5.41) is 6.66. The minimum absolute atomic E-state index is 0.320. The molecule has 0 bridgehead atoms. The molecule has 278 valence electrons. The van der Waals surface area contributed by atoms with Crippen LogP contribution >= 0.6 is 0 Å². The normalized spacial score (nSPS) is 12.9. The molecule has 0 fully saturated rings. The first-order valence-corrected chi connectivity index (χ1v) is 20.3. The van der Waals surface area contributed by atoms with Crippen molar-refractivity contribution >= 4 is 83.5 Å². The number of rotatable bonds is 3. The maximum absolute atomic E-state index is 6.98. The molecule has 0 saturated heterocycles. The predicted molar refractivity (Wildman–Crippen MR) is 244 cm³/mol. The smallest absolute Gasteiger partial charge is 0.434 e. The molecule has 3 aromatic heterocycles. The molecule has 0 aliphatic carbocycles. The van der Waals surface area contributed by atoms with Crippen molar-refractivity contribution in [3.05, 3.63) is 182 Å². The zero-order valence-electron chi connectivity index (χ0n) is 32.0. The fraction of sp³-hybridized carbons (Fsp3) is 0. The van der Waals surface area contributed by atoms with Crippen molar-refractivity contribution < 1.29 is 18.2 Å². The number of fused-ring (bicyclic) bond motifs is 14. The molecule has 6 heteroatoms. The Morgan fingerprint density at radius 3 is 1.93 bits per heavy atom. The van der Waals surface area contributed by atoms with Crippen molar-refractivity contribution in [1.82, 2.24) is 4.57 Å². The van der Waals surface area contributed by atoms with E-state index in [1.807, 2.05) is 24.3 Å². The summed E-state index contributed by atoms with van der Waals surface area (Å²) in [6, 6.07) is 64.0. The molecule has 5 nitrogen and oxygen atoms in total. The van der Waals surface area contributed by atoms with Crippen LogP contribution < -0.4 is 20.3 Å². The van der Waals surface area contributed by atoms with Gasteiger partial charge in [-0.3, -0.25) is 0 Å². The molecular weight excluding hydrogens is 737 g/mol. The summed E-state index contributed by atoms with van der Waals surface area (Å²) in [7, 11) is 0. The topological polar surface area (TPSA) is 49.7 Å². The van der Waals surface area contributed by atoms with Gasteiger partial charge >= 0.3 is 6.92 Å². The van der Waals surface area contributed by atoms with Gasteiger partial charge in [-0.25, -0.2) is 0 Å². The van der Waals surface area contributed by atoms with Crippen LogP contribution in [0.3, 0.4) is 0 Å². The third-order valence-corrected chi connectivity index (χ3v) is 12.7. The maximum atomic E-state index is 6.98. The molecule has 0 atom stereocenters. The number of hydrogen-bond donors (Lipinski definition) is 0. The van der Waals surface area contributed by atoms with E-state index in [1.54, 1.807) is 0 Å². The fourth-order valence-corrected chi connectivity index (χ4v) is 9.99. The summed E-state index contributed by atoms with van der Waals surface area (Å²) in [5.74, 6) is 2.42. The first-order valence-electron chi connectivity index (χ1n) is 20.3. The fourth-order valence-electron chi connectivity index (χ4n) is 9.99. The molecule has 0 saturated carbocycles. The summed E-state index contributed by atoms with van der Waals surface area (Å²) >= 11 is 0. The average molecular weight is 768 g/mol. The van der Waals surface area contributed by atoms with Gasteiger partial charge in [0.05, 0.1) is 16.4 Å². The van der Waals surface area contributed by atoms with Crippen LogP contribution in [0.1, 0.15) is 0 Å². The molecule has 14 rings (SSSR count). The molecule has 0 amide bonds. The Hall–Kier alpha value is -7.96. The molecule has 2 aliphatic heterocycles. The van der Waals surface area contributed by atoms with Crippen LogP contribution in [0.5, 0.6) is 17.2 Å². The van der Waals surface area contributed by atoms with E-state index in [0.717, 1.165) is 111 Å². The third-order valence-electron chi connectivity index (χ3n) is 12.7. The van der Waals surface area contributed by atoms with Crippen molar-refractivity contribution in [3.63, 3.8) is 0 Å². The lowest BCUT2D eigenvalue weighted by Gasteiger charge is -2.33. The van der Waals surface area contributed by atoms with E-state index >= 15 is 0 Å². The summed E-state index contributed by atoms with van der Waals surface area (Å²) < 4.78 is 29.3. The highest BCUT2D eigenvalue weighted by atomic mass is 16.5. The van der Waals surface area contributed by atoms with Crippen LogP contribution in [0, 0.1) is 0 Å². The Bertz CT molecular complexity index is 3740. The Labute approximate surface area is 343 Å². The SMILES string of the molecule is c1ccc2c(c1)OB1c3ccc(-c4ccc(-n5c6ccccc6c6ccccc65)cc4)cc3Oc3cc(-c4cccc5c4oc4c5ccc5oc6ccccc6c54)cc-2c31. The first kappa shape index (κ1) is 32.1. The van der Waals surface area contributed by atoms with Gasteiger partial charge in [-0.15, -0.1) is 0 Å². The first-order chi connectivity index (χ1) is 29.7. The van der Waals surface area contributed by atoms with E-state index in [4.69, 9.17) is 18.2 Å². The van der Waals surface area contributed by atoms with Crippen molar-refractivity contribution in [3.8, 4) is 56.3 Å². The molecule has 2 aliphatic rings. The van der Waals surface area contributed by atoms with Crippen molar-refractivity contribution in [2.24, 2.45) is 0 Å². The van der Waals surface area contributed by atoms with E-state index < -0.39 is 0 Å². The molecule has 0 unspecified atom stereocenters. The third kappa shape index (κ3) is 4.37. The van der Waals surface area contributed by atoms with Crippen molar-refractivity contribution in [1.29, 1.82) is 0 Å². The van der Waals surface area contributed by atoms with Gasteiger partial charge in [-0.05, 0) is 89.0 Å². The zero-order valence-corrected chi connectivity index (χ0v) is 32.0. The lowest BCUT2D eigenvalue weighted by atomic mass is 9.50. The van der Waals surface area contributed by atoms with E-state index in [2.05, 4.69) is 162 Å². The lowest BCUT2D eigenvalue weighted by molar-refractivity contribution is 0.480. The van der Waals surface area contributed by atoms with E-state index in [9.17, 15) is 0 Å². The van der Waals surface area contributed by atoms with E-state index in [0.29, 0.717) is 0 Å². The maximum Gasteiger partial charge on any atom is 0.434 e. The second-order valence-electron chi connectivity index (χ2n) is 15.9. The monoisotopic (exact) mass is 767 g/mol. The number of ether oxygens (including phenoxy) is 1. The Morgan fingerprint density at radius 1 is 0.400 bits per heavy atom. The number of nitrogens with zero attached hydrogens (tertiary/aromatic N) is 1. The zero-order chi connectivity index (χ0) is 39.1. The van der Waals surface area contributed by atoms with Crippen LogP contribution in [0.2, 0.25) is 0 Å². The number of furan rings is 2. The Morgan fingerprint density at radius 2 is 1.08 bits per heavy atom. The summed E-state index contributed by atoms with van der Waals surface area (Å²) in [5.41, 5.74) is 15.2. The van der Waals surface area contributed by atoms with Crippen LogP contribution in [0.15, 0.2) is 191 Å². The Kier molecular flexibility index (Phi) is 6.31. The van der Waals surface area contributed by atoms with Gasteiger partial charge in [0.2, 0.25) is 0 Å². The van der Waals surface area contributed by atoms with Crippen molar-refractivity contribution in [2.45, 2.75) is 0 Å². The van der Waals surface area contributed by atoms with Gasteiger partial charge in [0.15, 0.2) is 0 Å². The number of hydrogen-bond acceptors (Lipinski definition) is 4. The van der Waals surface area contributed by atoms with Gasteiger partial charge in [-0.1, -0.05) is 115 Å². The van der Waals surface area contributed by atoms with E-state index in [-0.39, 0.29) is 6.92 Å². The van der Waals surface area contributed by atoms with Gasteiger partial charge in [-0.2, -0.15) is 0 Å². The van der Waals surface area contributed by atoms with E-state index in [1.165, 1.54) is 21.8 Å². The molecule has 0 N–H and O–H groups in total. The second-order valence-corrected chi connectivity index (χ2v) is 15.9. The lowest BCUT2D eigenvalue weighted by Crippen LogP contribution is -2.53. The molecular formula is C54H30BNO4. The summed E-state index contributed by atoms with van der Waals surface area (Å²) in [4.78, 5) is 0. The predicted octanol–water partition coefficient (Wildman–Crippen LogP) is 13.2. The minimum Gasteiger partial charge on any atom is -0.551 e. The largest absolute Gasteiger partial charge is 0.551 e. The highest BCUT2D eigenvalue weighted by molar-refractivity contribution is 6.84. The van der Waals surface area contributed by atoms with Gasteiger partial charge < -0.3 is 22.8 Å². The highest BCUT2D eigenvalue weighted by Crippen LogP contribution is 2.46. The summed E-state index contributed by atoms with van der Waals surface area (Å²) in [6.45, 7) is -0.320. The molecule has 0 spiro atoms. The Balaban J connectivity index is 0.902. The molecule has 60 heavy (non-hydrogen) atoms. The molecule has 9 aromatic carbocycles. The quantitative estimate of drug-likeness (QED) is 0.168. The number of benzene rings is 9. The van der Waals surface area contributed by atoms with Crippen LogP contribution in [0.4, 0.5) is 0 Å². The second kappa shape index (κ2) is 11.8. The minimum atomic E-state index is -0.320. The van der Waals surface area contributed by atoms with Crippen LogP contribution in [-0.4, -0.2) is 11.5 Å². The van der Waals surface area contributed by atoms with Gasteiger partial charge in [0.25, 0.3) is 0 Å². The van der Waals surface area contributed by atoms with Crippen LogP contribution in [-0.2, 0) is 0 Å². The highest BCUT2D eigenvalue weighted by Gasteiger charge is 2.41. The van der Waals surface area contributed by atoms with Crippen LogP contribution in [0.25, 0.3) is 105 Å². The number of aromatic nitrogens is 1.